The van der Waals surface area contributed by atoms with Crippen LogP contribution < -0.4 is 0 Å². The Balaban J connectivity index is 1.88. The lowest BCUT2D eigenvalue weighted by atomic mass is 9.80. The number of nitrogens with zero attached hydrogens (tertiary/aromatic N) is 1. The lowest BCUT2D eigenvalue weighted by molar-refractivity contribution is 0.100. The molecule has 26 heavy (non-hydrogen) atoms. The molecule has 134 valence electrons. The number of fused-ring (bicyclic) bond motifs is 1. The molecule has 1 amide bonds. The summed E-state index contributed by atoms with van der Waals surface area (Å²) in [6.45, 7) is 8.19. The maximum atomic E-state index is 12.8. The van der Waals surface area contributed by atoms with Crippen molar-refractivity contribution in [2.45, 2.75) is 38.5 Å². The molecule has 0 radical (unpaired) electrons. The van der Waals surface area contributed by atoms with Gasteiger partial charge in [-0.1, -0.05) is 12.1 Å². The Labute approximate surface area is 160 Å². The van der Waals surface area contributed by atoms with Gasteiger partial charge in [0.05, 0.1) is 16.8 Å². The quantitative estimate of drug-likeness (QED) is 0.658. The summed E-state index contributed by atoms with van der Waals surface area (Å²) in [4.78, 5) is 22.5. The van der Waals surface area contributed by atoms with E-state index in [1.165, 1.54) is 0 Å². The molecule has 1 aliphatic heterocycles. The van der Waals surface area contributed by atoms with Crippen molar-refractivity contribution in [3.05, 3.63) is 61.6 Å². The summed E-state index contributed by atoms with van der Waals surface area (Å²) in [6, 6.07) is 8.07. The Morgan fingerprint density at radius 2 is 1.54 bits per heavy atom. The first-order valence-corrected chi connectivity index (χ1v) is 10.2. The standard InChI is InChI=1S/C20H20N2O2S2/c1-19(2,11-7-5-9-25-11)15-13-14(18(24)21-15)16(22-17(13)23)20(3,4)12-8-6-10-26-12/h5-10,21,24H,1-4H3. The number of amides is 1. The van der Waals surface area contributed by atoms with Gasteiger partial charge in [-0.2, -0.15) is 0 Å². The Morgan fingerprint density at radius 1 is 0.962 bits per heavy atom. The van der Waals surface area contributed by atoms with E-state index in [1.54, 1.807) is 22.7 Å². The molecule has 1 aliphatic rings. The van der Waals surface area contributed by atoms with Gasteiger partial charge < -0.3 is 10.1 Å². The third kappa shape index (κ3) is 2.32. The molecular weight excluding hydrogens is 364 g/mol. The van der Waals surface area contributed by atoms with Crippen LogP contribution in [0, 0.1) is 0 Å². The minimum absolute atomic E-state index is 0.0221. The number of carbonyl (C=O) groups excluding carboxylic acids is 1. The first-order valence-electron chi connectivity index (χ1n) is 8.42. The number of H-pyrrole nitrogens is 1. The molecule has 0 fully saturated rings. The number of thiophene rings is 2. The largest absolute Gasteiger partial charge is 0.494 e. The van der Waals surface area contributed by atoms with Crippen molar-refractivity contribution in [1.82, 2.24) is 4.98 Å². The molecule has 6 heteroatoms. The first-order chi connectivity index (χ1) is 12.2. The highest BCUT2D eigenvalue weighted by molar-refractivity contribution is 7.10. The van der Waals surface area contributed by atoms with Gasteiger partial charge >= 0.3 is 0 Å². The van der Waals surface area contributed by atoms with Gasteiger partial charge in [-0.25, -0.2) is 4.99 Å². The molecule has 0 aromatic carbocycles. The van der Waals surface area contributed by atoms with Crippen molar-refractivity contribution in [3.63, 3.8) is 0 Å². The summed E-state index contributed by atoms with van der Waals surface area (Å²) in [5, 5.41) is 14.7. The van der Waals surface area contributed by atoms with E-state index in [9.17, 15) is 9.90 Å². The predicted molar refractivity (Wildman–Crippen MR) is 107 cm³/mol. The van der Waals surface area contributed by atoms with Crippen LogP contribution in [-0.4, -0.2) is 21.7 Å². The van der Waals surface area contributed by atoms with E-state index in [2.05, 4.69) is 23.8 Å². The lowest BCUT2D eigenvalue weighted by Gasteiger charge is -2.23. The highest BCUT2D eigenvalue weighted by atomic mass is 32.1. The number of rotatable bonds is 4. The monoisotopic (exact) mass is 384 g/mol. The number of nitrogens with one attached hydrogen (secondary N) is 1. The Bertz CT molecular complexity index is 1010. The van der Waals surface area contributed by atoms with Gasteiger partial charge in [-0.15, -0.1) is 22.7 Å². The summed E-state index contributed by atoms with van der Waals surface area (Å²) >= 11 is 3.26. The van der Waals surface area contributed by atoms with E-state index < -0.39 is 10.8 Å². The third-order valence-corrected chi connectivity index (χ3v) is 7.52. The zero-order chi connectivity index (χ0) is 18.7. The summed E-state index contributed by atoms with van der Waals surface area (Å²) in [5.41, 5.74) is 1.51. The fourth-order valence-corrected chi connectivity index (χ4v) is 5.28. The van der Waals surface area contributed by atoms with Crippen molar-refractivity contribution >= 4 is 34.3 Å². The zero-order valence-corrected chi connectivity index (χ0v) is 16.7. The van der Waals surface area contributed by atoms with Crippen LogP contribution >= 0.6 is 22.7 Å². The summed E-state index contributed by atoms with van der Waals surface area (Å²) < 4.78 is 0. The highest BCUT2D eigenvalue weighted by Crippen LogP contribution is 2.45. The molecule has 3 aromatic rings. The lowest BCUT2D eigenvalue weighted by Crippen LogP contribution is -2.27. The molecule has 4 nitrogen and oxygen atoms in total. The van der Waals surface area contributed by atoms with Gasteiger partial charge in [0.25, 0.3) is 5.91 Å². The second-order valence-corrected chi connectivity index (χ2v) is 9.46. The van der Waals surface area contributed by atoms with Crippen LogP contribution in [0.4, 0.5) is 0 Å². The Morgan fingerprint density at radius 3 is 2.08 bits per heavy atom. The number of aromatic nitrogens is 1. The van der Waals surface area contributed by atoms with Crippen molar-refractivity contribution in [3.8, 4) is 5.88 Å². The maximum absolute atomic E-state index is 12.8. The predicted octanol–water partition coefficient (Wildman–Crippen LogP) is 5.09. The van der Waals surface area contributed by atoms with Crippen LogP contribution in [0.3, 0.4) is 0 Å². The van der Waals surface area contributed by atoms with E-state index in [4.69, 9.17) is 0 Å². The Kier molecular flexibility index (Phi) is 3.75. The Hall–Kier alpha value is -2.18. The van der Waals surface area contributed by atoms with Crippen LogP contribution in [0.2, 0.25) is 0 Å². The molecule has 0 atom stereocenters. The van der Waals surface area contributed by atoms with Crippen LogP contribution in [0.25, 0.3) is 0 Å². The fourth-order valence-electron chi connectivity index (χ4n) is 3.57. The average molecular weight is 385 g/mol. The second kappa shape index (κ2) is 5.66. The van der Waals surface area contributed by atoms with Crippen LogP contribution in [0.15, 0.2) is 40.0 Å². The van der Waals surface area contributed by atoms with Gasteiger partial charge in [0, 0.05) is 26.3 Å². The molecule has 0 bridgehead atoms. The van der Waals surface area contributed by atoms with Gasteiger partial charge in [-0.3, -0.25) is 4.79 Å². The molecule has 0 aliphatic carbocycles. The molecule has 2 N–H and O–H groups in total. The van der Waals surface area contributed by atoms with Gasteiger partial charge in [0.15, 0.2) is 5.88 Å². The van der Waals surface area contributed by atoms with Crippen molar-refractivity contribution < 1.29 is 9.90 Å². The molecule has 0 unspecified atom stereocenters. The zero-order valence-electron chi connectivity index (χ0n) is 15.1. The number of aromatic hydroxyl groups is 1. The molecule has 4 rings (SSSR count). The van der Waals surface area contributed by atoms with E-state index in [-0.39, 0.29) is 11.8 Å². The topological polar surface area (TPSA) is 65.5 Å². The van der Waals surface area contributed by atoms with Gasteiger partial charge in [0.2, 0.25) is 0 Å². The minimum Gasteiger partial charge on any atom is -0.494 e. The number of hydrogen-bond donors (Lipinski definition) is 2. The van der Waals surface area contributed by atoms with E-state index in [0.717, 1.165) is 15.4 Å². The maximum Gasteiger partial charge on any atom is 0.279 e. The second-order valence-electron chi connectivity index (χ2n) is 7.57. The molecule has 3 aromatic heterocycles. The average Bonchev–Trinajstić information content (AvgIpc) is 3.34. The van der Waals surface area contributed by atoms with E-state index in [0.29, 0.717) is 16.8 Å². The van der Waals surface area contributed by atoms with E-state index in [1.807, 2.05) is 48.9 Å². The SMILES string of the molecule is CC(C)(C1=NC(=O)c2c(C(C)(C)c3cccs3)[nH]c(O)c21)c1cccs1. The number of carbonyl (C=O) groups is 1. The van der Waals surface area contributed by atoms with Crippen LogP contribution in [0.1, 0.15) is 59.1 Å². The van der Waals surface area contributed by atoms with Gasteiger partial charge in [0.1, 0.15) is 0 Å². The number of aromatic amines is 1. The highest BCUT2D eigenvalue weighted by Gasteiger charge is 2.44. The summed E-state index contributed by atoms with van der Waals surface area (Å²) in [6.07, 6.45) is 0. The minimum atomic E-state index is -0.459. The summed E-state index contributed by atoms with van der Waals surface area (Å²) in [5.74, 6) is -0.260. The number of aliphatic imine (C=N–C) groups is 1. The van der Waals surface area contributed by atoms with Crippen molar-refractivity contribution in [1.29, 1.82) is 0 Å². The molecule has 0 saturated heterocycles. The smallest absolute Gasteiger partial charge is 0.279 e. The van der Waals surface area contributed by atoms with Crippen molar-refractivity contribution in [2.75, 3.05) is 0 Å². The van der Waals surface area contributed by atoms with Crippen LogP contribution in [0.5, 0.6) is 5.88 Å². The normalized spacial score (nSPS) is 14.6. The molecule has 4 heterocycles. The van der Waals surface area contributed by atoms with Crippen LogP contribution in [-0.2, 0) is 10.8 Å². The molecule has 0 spiro atoms. The number of hydrogen-bond acceptors (Lipinski definition) is 4. The van der Waals surface area contributed by atoms with Crippen molar-refractivity contribution in [2.24, 2.45) is 4.99 Å². The van der Waals surface area contributed by atoms with E-state index >= 15 is 0 Å². The summed E-state index contributed by atoms with van der Waals surface area (Å²) in [7, 11) is 0. The fraction of sp³-hybridized carbons (Fsp3) is 0.300. The first kappa shape index (κ1) is 17.2. The molecule has 0 saturated carbocycles. The molecular formula is C20H20N2O2S2. The van der Waals surface area contributed by atoms with Gasteiger partial charge in [-0.05, 0) is 50.6 Å². The third-order valence-electron chi connectivity index (χ3n) is 5.14.